The van der Waals surface area contributed by atoms with Gasteiger partial charge in [-0.25, -0.2) is 0 Å². The lowest BCUT2D eigenvalue weighted by Crippen LogP contribution is -2.22. The molecule has 4 nitrogen and oxygen atoms in total. The van der Waals surface area contributed by atoms with Crippen molar-refractivity contribution in [1.29, 1.82) is 0 Å². The number of H-pyrrole nitrogens is 1. The van der Waals surface area contributed by atoms with E-state index in [1.807, 2.05) is 4.98 Å². The van der Waals surface area contributed by atoms with Gasteiger partial charge in [0.25, 0.3) is 5.24 Å². The minimum Gasteiger partial charge on any atom is -0.403 e. The Bertz CT molecular complexity index is 480. The van der Waals surface area contributed by atoms with Crippen molar-refractivity contribution >= 4 is 16.8 Å². The van der Waals surface area contributed by atoms with Crippen molar-refractivity contribution in [3.8, 4) is 5.75 Å². The van der Waals surface area contributed by atoms with Crippen LogP contribution in [0.4, 0.5) is 13.2 Å². The van der Waals surface area contributed by atoms with Crippen LogP contribution in [0, 0.1) is 6.92 Å². The number of hydrogen-bond acceptors (Lipinski definition) is 3. The highest BCUT2D eigenvalue weighted by Gasteiger charge is 2.34. The number of carbonyl (C=O) groups is 1. The van der Waals surface area contributed by atoms with Crippen LogP contribution in [-0.2, 0) is 0 Å². The molecule has 0 amide bonds. The molecule has 88 valence electrons. The van der Waals surface area contributed by atoms with Gasteiger partial charge in [0.05, 0.1) is 0 Å². The van der Waals surface area contributed by atoms with Crippen LogP contribution in [0.5, 0.6) is 5.75 Å². The number of pyridine rings is 1. The van der Waals surface area contributed by atoms with E-state index < -0.39 is 28.6 Å². The van der Waals surface area contributed by atoms with Crippen molar-refractivity contribution in [2.45, 2.75) is 13.3 Å². The van der Waals surface area contributed by atoms with Gasteiger partial charge in [-0.2, -0.15) is 0 Å². The largest absolute Gasteiger partial charge is 0.573 e. The van der Waals surface area contributed by atoms with Crippen molar-refractivity contribution in [3.05, 3.63) is 27.7 Å². The monoisotopic (exact) mass is 255 g/mol. The van der Waals surface area contributed by atoms with Gasteiger partial charge in [-0.05, 0) is 24.1 Å². The van der Waals surface area contributed by atoms with Crippen molar-refractivity contribution < 1.29 is 22.7 Å². The zero-order valence-corrected chi connectivity index (χ0v) is 8.57. The molecule has 0 spiro atoms. The van der Waals surface area contributed by atoms with Crippen molar-refractivity contribution in [3.63, 3.8) is 0 Å². The Morgan fingerprint density at radius 1 is 1.50 bits per heavy atom. The highest BCUT2D eigenvalue weighted by Crippen LogP contribution is 2.28. The number of hydrogen-bond donors (Lipinski definition) is 1. The molecular weight excluding hydrogens is 251 g/mol. The minimum absolute atomic E-state index is 0.134. The SMILES string of the molecule is Cc1cc(=O)[nH]c(C(=O)Cl)c1OC(F)(F)F. The molecule has 0 unspecified atom stereocenters. The van der Waals surface area contributed by atoms with Crippen LogP contribution in [0.3, 0.4) is 0 Å². The van der Waals surface area contributed by atoms with E-state index in [9.17, 15) is 22.8 Å². The second kappa shape index (κ2) is 4.17. The third-order valence-corrected chi connectivity index (χ3v) is 1.78. The molecule has 1 heterocycles. The Hall–Kier alpha value is -1.50. The maximum atomic E-state index is 12.0. The summed E-state index contributed by atoms with van der Waals surface area (Å²) in [5.74, 6) is -0.799. The highest BCUT2D eigenvalue weighted by atomic mass is 35.5. The molecule has 0 fully saturated rings. The lowest BCUT2D eigenvalue weighted by Gasteiger charge is -2.12. The van der Waals surface area contributed by atoms with Gasteiger partial charge in [0, 0.05) is 6.07 Å². The average molecular weight is 256 g/mol. The Morgan fingerprint density at radius 2 is 2.06 bits per heavy atom. The summed E-state index contributed by atoms with van der Waals surface area (Å²) >= 11 is 5.02. The maximum Gasteiger partial charge on any atom is 0.573 e. The van der Waals surface area contributed by atoms with Crippen LogP contribution in [0.1, 0.15) is 16.1 Å². The summed E-state index contributed by atoms with van der Waals surface area (Å²) in [5.41, 5.74) is -1.59. The number of aromatic nitrogens is 1. The molecule has 0 aliphatic carbocycles. The highest BCUT2D eigenvalue weighted by molar-refractivity contribution is 6.67. The third kappa shape index (κ3) is 2.99. The molecule has 0 aliphatic rings. The van der Waals surface area contributed by atoms with Crippen LogP contribution in [0.2, 0.25) is 0 Å². The summed E-state index contributed by atoms with van der Waals surface area (Å²) in [5, 5.41) is -1.24. The van der Waals surface area contributed by atoms with Gasteiger partial charge >= 0.3 is 6.36 Å². The van der Waals surface area contributed by atoms with Crippen molar-refractivity contribution in [1.82, 2.24) is 4.98 Å². The van der Waals surface area contributed by atoms with E-state index in [0.29, 0.717) is 0 Å². The molecule has 0 aliphatic heterocycles. The third-order valence-electron chi connectivity index (χ3n) is 1.60. The average Bonchev–Trinajstić information content (AvgIpc) is 2.07. The van der Waals surface area contributed by atoms with Crippen LogP contribution < -0.4 is 10.3 Å². The summed E-state index contributed by atoms with van der Waals surface area (Å²) < 4.78 is 39.6. The van der Waals surface area contributed by atoms with Crippen LogP contribution in [0.25, 0.3) is 0 Å². The van der Waals surface area contributed by atoms with E-state index in [-0.39, 0.29) is 5.56 Å². The van der Waals surface area contributed by atoms with E-state index in [1.165, 1.54) is 6.92 Å². The van der Waals surface area contributed by atoms with Crippen molar-refractivity contribution in [2.75, 3.05) is 0 Å². The molecule has 16 heavy (non-hydrogen) atoms. The predicted octanol–water partition coefficient (Wildman–Crippen LogP) is 1.96. The Balaban J connectivity index is 3.36. The minimum atomic E-state index is -4.97. The summed E-state index contributed by atoms with van der Waals surface area (Å²) in [7, 11) is 0. The summed E-state index contributed by atoms with van der Waals surface area (Å²) in [6.45, 7) is 1.19. The second-order valence-corrected chi connectivity index (χ2v) is 3.19. The molecule has 8 heteroatoms. The van der Waals surface area contributed by atoms with Crippen LogP contribution >= 0.6 is 11.6 Å². The molecule has 1 N–H and O–H groups in total. The topological polar surface area (TPSA) is 59.2 Å². The van der Waals surface area contributed by atoms with Gasteiger partial charge < -0.3 is 9.72 Å². The summed E-state index contributed by atoms with van der Waals surface area (Å²) in [4.78, 5) is 23.6. The van der Waals surface area contributed by atoms with Crippen molar-refractivity contribution in [2.24, 2.45) is 0 Å². The number of ether oxygens (including phenoxy) is 1. The first-order valence-electron chi connectivity index (χ1n) is 3.90. The van der Waals surface area contributed by atoms with Gasteiger partial charge in [-0.15, -0.1) is 13.2 Å². The quantitative estimate of drug-likeness (QED) is 0.822. The molecule has 1 rings (SSSR count). The van der Waals surface area contributed by atoms with Gasteiger partial charge in [-0.1, -0.05) is 0 Å². The van der Waals surface area contributed by atoms with E-state index in [4.69, 9.17) is 11.6 Å². The predicted molar refractivity (Wildman–Crippen MR) is 48.7 cm³/mol. The Morgan fingerprint density at radius 3 is 2.50 bits per heavy atom. The first-order chi connectivity index (χ1) is 7.20. The fraction of sp³-hybridized carbons (Fsp3) is 0.250. The number of nitrogens with one attached hydrogen (secondary N) is 1. The smallest absolute Gasteiger partial charge is 0.403 e. The van der Waals surface area contributed by atoms with E-state index in [2.05, 4.69) is 4.74 Å². The number of halogens is 4. The molecule has 0 aromatic carbocycles. The number of alkyl halides is 3. The van der Waals surface area contributed by atoms with E-state index >= 15 is 0 Å². The molecular formula is C8H5ClF3NO3. The normalized spacial score (nSPS) is 11.3. The zero-order valence-electron chi connectivity index (χ0n) is 7.81. The summed E-state index contributed by atoms with van der Waals surface area (Å²) in [6.07, 6.45) is -4.97. The molecule has 0 bridgehead atoms. The van der Waals surface area contributed by atoms with Gasteiger partial charge in [0.1, 0.15) is 5.69 Å². The standard InChI is InChI=1S/C8H5ClF3NO3/c1-3-2-4(14)13-5(7(9)15)6(3)16-8(10,11)12/h2H,1H3,(H,13,14). The zero-order chi connectivity index (χ0) is 12.5. The van der Waals surface area contributed by atoms with Crippen LogP contribution in [-0.4, -0.2) is 16.6 Å². The molecule has 1 aromatic rings. The van der Waals surface area contributed by atoms with Crippen LogP contribution in [0.15, 0.2) is 10.9 Å². The van der Waals surface area contributed by atoms with Gasteiger partial charge in [-0.3, -0.25) is 9.59 Å². The number of carbonyl (C=O) groups excluding carboxylic acids is 1. The van der Waals surface area contributed by atoms with E-state index in [0.717, 1.165) is 6.07 Å². The Labute approximate surface area is 92.0 Å². The number of rotatable bonds is 2. The molecule has 0 saturated carbocycles. The first kappa shape index (κ1) is 12.6. The fourth-order valence-electron chi connectivity index (χ4n) is 1.06. The first-order valence-corrected chi connectivity index (χ1v) is 4.28. The Kier molecular flexibility index (Phi) is 3.27. The molecule has 1 aromatic heterocycles. The lowest BCUT2D eigenvalue weighted by molar-refractivity contribution is -0.275. The number of aryl methyl sites for hydroxylation is 1. The molecule has 0 radical (unpaired) electrons. The fourth-order valence-corrected chi connectivity index (χ4v) is 1.19. The number of aromatic amines is 1. The van der Waals surface area contributed by atoms with E-state index in [1.54, 1.807) is 0 Å². The van der Waals surface area contributed by atoms with Gasteiger partial charge in [0.2, 0.25) is 5.56 Å². The lowest BCUT2D eigenvalue weighted by atomic mass is 10.2. The van der Waals surface area contributed by atoms with Gasteiger partial charge in [0.15, 0.2) is 5.75 Å². The molecule has 0 saturated heterocycles. The maximum absolute atomic E-state index is 12.0. The molecule has 0 atom stereocenters. The second-order valence-electron chi connectivity index (χ2n) is 2.84. The summed E-state index contributed by atoms with van der Waals surface area (Å²) in [6, 6.07) is 0.865.